The summed E-state index contributed by atoms with van der Waals surface area (Å²) in [7, 11) is 2.09. The van der Waals surface area contributed by atoms with Crippen molar-refractivity contribution in [2.75, 3.05) is 39.8 Å². The fourth-order valence-corrected chi connectivity index (χ4v) is 2.65. The number of likely N-dealkylation sites (N-methyl/N-ethyl adjacent to an activating group) is 1. The summed E-state index contributed by atoms with van der Waals surface area (Å²) in [6.07, 6.45) is 0.638. The third kappa shape index (κ3) is 8.59. The van der Waals surface area contributed by atoms with Gasteiger partial charge in [-0.25, -0.2) is 4.79 Å². The van der Waals surface area contributed by atoms with Crippen molar-refractivity contribution in [3.63, 3.8) is 0 Å². The van der Waals surface area contributed by atoms with Gasteiger partial charge >= 0.3 is 5.97 Å². The molecule has 144 valence electrons. The molecule has 1 aromatic carbocycles. The van der Waals surface area contributed by atoms with E-state index in [4.69, 9.17) is 9.90 Å². The third-order valence-corrected chi connectivity index (χ3v) is 4.17. The number of hydrogen-bond acceptors (Lipinski definition) is 5. The van der Waals surface area contributed by atoms with Crippen LogP contribution in [0.4, 0.5) is 0 Å². The number of aliphatic carboxylic acids is 1. The van der Waals surface area contributed by atoms with E-state index in [2.05, 4.69) is 22.2 Å². The molecule has 1 saturated heterocycles. The highest BCUT2D eigenvalue weighted by Gasteiger charge is 2.21. The average Bonchev–Trinajstić information content (AvgIpc) is 2.62. The molecule has 8 heteroatoms. The normalized spacial score (nSPS) is 16.0. The Kier molecular flexibility index (Phi) is 9.96. The van der Waals surface area contributed by atoms with Crippen LogP contribution in [0.25, 0.3) is 0 Å². The molecule has 1 aromatic rings. The second kappa shape index (κ2) is 12.0. The predicted octanol–water partition coefficient (Wildman–Crippen LogP) is 0.137. The van der Waals surface area contributed by atoms with Gasteiger partial charge in [0.05, 0.1) is 0 Å². The van der Waals surface area contributed by atoms with Crippen LogP contribution in [-0.2, 0) is 20.8 Å². The number of piperazine rings is 1. The van der Waals surface area contributed by atoms with Crippen molar-refractivity contribution in [1.82, 2.24) is 15.1 Å². The topological polar surface area (TPSA) is 110 Å². The minimum atomic E-state index is -0.998. The lowest BCUT2D eigenvalue weighted by molar-refractivity contribution is -0.141. The van der Waals surface area contributed by atoms with E-state index in [0.29, 0.717) is 19.4 Å². The Hall–Kier alpha value is -2.45. The molecule has 26 heavy (non-hydrogen) atoms. The first kappa shape index (κ1) is 21.6. The maximum Gasteiger partial charge on any atom is 0.326 e. The molecule has 0 spiro atoms. The molecule has 0 unspecified atom stereocenters. The van der Waals surface area contributed by atoms with Crippen molar-refractivity contribution < 1.29 is 24.6 Å². The molecule has 2 rings (SSSR count). The number of rotatable bonds is 7. The first-order valence-electron chi connectivity index (χ1n) is 8.51. The van der Waals surface area contributed by atoms with E-state index >= 15 is 0 Å². The maximum atomic E-state index is 12.0. The zero-order valence-corrected chi connectivity index (χ0v) is 15.0. The van der Waals surface area contributed by atoms with E-state index in [1.807, 2.05) is 30.3 Å². The molecule has 1 atom stereocenters. The lowest BCUT2D eigenvalue weighted by atomic mass is 10.1. The van der Waals surface area contributed by atoms with Gasteiger partial charge < -0.3 is 25.3 Å². The van der Waals surface area contributed by atoms with Crippen LogP contribution < -0.4 is 5.32 Å². The first-order valence-corrected chi connectivity index (χ1v) is 8.51. The molecule has 1 amide bonds. The molecule has 1 aliphatic rings. The zero-order valence-electron chi connectivity index (χ0n) is 15.0. The van der Waals surface area contributed by atoms with Crippen LogP contribution in [-0.4, -0.2) is 84.2 Å². The van der Waals surface area contributed by atoms with Gasteiger partial charge in [0, 0.05) is 45.6 Å². The van der Waals surface area contributed by atoms with Gasteiger partial charge in [0.2, 0.25) is 5.91 Å². The second-order valence-electron chi connectivity index (χ2n) is 6.15. The van der Waals surface area contributed by atoms with E-state index < -0.39 is 12.0 Å². The molecule has 0 aromatic heterocycles. The SMILES string of the molecule is CN1CCN(CCC(=O)N[C@@H](Cc2ccccc2)C(=O)O)CC1.O=CO. The molecule has 1 fully saturated rings. The highest BCUT2D eigenvalue weighted by atomic mass is 16.4. The van der Waals surface area contributed by atoms with E-state index in [-0.39, 0.29) is 12.4 Å². The Bertz CT molecular complexity index is 559. The Balaban J connectivity index is 0.00000105. The van der Waals surface area contributed by atoms with Crippen molar-refractivity contribution in [3.05, 3.63) is 35.9 Å². The van der Waals surface area contributed by atoms with Gasteiger partial charge in [0.25, 0.3) is 6.47 Å². The number of benzene rings is 1. The van der Waals surface area contributed by atoms with Crippen LogP contribution >= 0.6 is 0 Å². The summed E-state index contributed by atoms with van der Waals surface area (Å²) in [6, 6.07) is 8.47. The molecular weight excluding hydrogens is 338 g/mol. The summed E-state index contributed by atoms with van der Waals surface area (Å²) < 4.78 is 0. The lowest BCUT2D eigenvalue weighted by Crippen LogP contribution is -2.47. The number of nitrogens with one attached hydrogen (secondary N) is 1. The molecule has 8 nitrogen and oxygen atoms in total. The smallest absolute Gasteiger partial charge is 0.326 e. The lowest BCUT2D eigenvalue weighted by Gasteiger charge is -2.32. The highest BCUT2D eigenvalue weighted by molar-refractivity contribution is 5.83. The quantitative estimate of drug-likeness (QED) is 0.589. The number of carbonyl (C=O) groups is 3. The minimum absolute atomic E-state index is 0.202. The maximum absolute atomic E-state index is 12.0. The predicted molar refractivity (Wildman–Crippen MR) is 97.0 cm³/mol. The molecule has 0 bridgehead atoms. The molecule has 0 saturated carbocycles. The summed E-state index contributed by atoms with van der Waals surface area (Å²) in [4.78, 5) is 36.3. The number of amides is 1. The fraction of sp³-hybridized carbons (Fsp3) is 0.500. The number of nitrogens with zero attached hydrogens (tertiary/aromatic N) is 2. The minimum Gasteiger partial charge on any atom is -0.483 e. The van der Waals surface area contributed by atoms with Crippen LogP contribution in [0, 0.1) is 0 Å². The summed E-state index contributed by atoms with van der Waals surface area (Å²) in [5.74, 6) is -1.20. The summed E-state index contributed by atoms with van der Waals surface area (Å²) in [6.45, 7) is 4.35. The van der Waals surface area contributed by atoms with Crippen LogP contribution in [0.1, 0.15) is 12.0 Å². The Labute approximate surface area is 153 Å². The third-order valence-electron chi connectivity index (χ3n) is 4.17. The zero-order chi connectivity index (χ0) is 19.4. The number of hydrogen-bond donors (Lipinski definition) is 3. The molecule has 1 aliphatic heterocycles. The van der Waals surface area contributed by atoms with Crippen LogP contribution in [0.3, 0.4) is 0 Å². The van der Waals surface area contributed by atoms with Crippen LogP contribution in [0.2, 0.25) is 0 Å². The highest BCUT2D eigenvalue weighted by Crippen LogP contribution is 2.05. The van der Waals surface area contributed by atoms with Gasteiger partial charge in [-0.1, -0.05) is 30.3 Å². The van der Waals surface area contributed by atoms with Gasteiger partial charge in [-0.3, -0.25) is 9.59 Å². The van der Waals surface area contributed by atoms with Crippen LogP contribution in [0.5, 0.6) is 0 Å². The summed E-state index contributed by atoms with van der Waals surface area (Å²) in [5.41, 5.74) is 0.902. The van der Waals surface area contributed by atoms with E-state index in [9.17, 15) is 14.7 Å². The molecule has 1 heterocycles. The van der Waals surface area contributed by atoms with E-state index in [0.717, 1.165) is 31.7 Å². The largest absolute Gasteiger partial charge is 0.483 e. The molecule has 3 N–H and O–H groups in total. The monoisotopic (exact) mass is 365 g/mol. The first-order chi connectivity index (χ1) is 12.5. The summed E-state index contributed by atoms with van der Waals surface area (Å²) >= 11 is 0. The van der Waals surface area contributed by atoms with Gasteiger partial charge in [0.1, 0.15) is 6.04 Å². The molecule has 0 aliphatic carbocycles. The Morgan fingerprint density at radius 2 is 1.77 bits per heavy atom. The van der Waals surface area contributed by atoms with Crippen molar-refractivity contribution >= 4 is 18.3 Å². The Morgan fingerprint density at radius 1 is 1.19 bits per heavy atom. The molecular formula is C18H27N3O5. The van der Waals surface area contributed by atoms with Gasteiger partial charge in [-0.15, -0.1) is 0 Å². The second-order valence-corrected chi connectivity index (χ2v) is 6.15. The van der Waals surface area contributed by atoms with E-state index in [1.165, 1.54) is 0 Å². The number of carboxylic acid groups (broad SMARTS) is 2. The van der Waals surface area contributed by atoms with E-state index in [1.54, 1.807) is 0 Å². The van der Waals surface area contributed by atoms with Crippen molar-refractivity contribution in [2.24, 2.45) is 0 Å². The van der Waals surface area contributed by atoms with Crippen molar-refractivity contribution in [3.8, 4) is 0 Å². The van der Waals surface area contributed by atoms with Gasteiger partial charge in [-0.2, -0.15) is 0 Å². The van der Waals surface area contributed by atoms with Crippen molar-refractivity contribution in [1.29, 1.82) is 0 Å². The molecule has 0 radical (unpaired) electrons. The Morgan fingerprint density at radius 3 is 2.31 bits per heavy atom. The van der Waals surface area contributed by atoms with Gasteiger partial charge in [0.15, 0.2) is 0 Å². The van der Waals surface area contributed by atoms with Gasteiger partial charge in [-0.05, 0) is 12.6 Å². The fourth-order valence-electron chi connectivity index (χ4n) is 2.65. The average molecular weight is 365 g/mol. The number of carbonyl (C=O) groups excluding carboxylic acids is 1. The number of carboxylic acids is 1. The van der Waals surface area contributed by atoms with Crippen molar-refractivity contribution in [2.45, 2.75) is 18.9 Å². The summed E-state index contributed by atoms with van der Waals surface area (Å²) in [5, 5.41) is 18.8. The van der Waals surface area contributed by atoms with Crippen LogP contribution in [0.15, 0.2) is 30.3 Å². The standard InChI is InChI=1S/C17H25N3O3.CH2O2/c1-19-9-11-20(12-10-19)8-7-16(21)18-15(17(22)23)13-14-5-3-2-4-6-14;2-1-3/h2-6,15H,7-13H2,1H3,(H,18,21)(H,22,23);1H,(H,2,3)/t15-;/m0./s1.